The van der Waals surface area contributed by atoms with Crippen LogP contribution in [-0.4, -0.2) is 26.8 Å². The number of nitrogens with one attached hydrogen (secondary N) is 1. The van der Waals surface area contributed by atoms with Crippen molar-refractivity contribution in [1.29, 1.82) is 5.26 Å². The second-order valence-electron chi connectivity index (χ2n) is 5.49. The van der Waals surface area contributed by atoms with Gasteiger partial charge >= 0.3 is 0 Å². The molecule has 2 aliphatic rings. The third kappa shape index (κ3) is 3.26. The van der Waals surface area contributed by atoms with Crippen molar-refractivity contribution in [2.75, 3.05) is 0 Å². The van der Waals surface area contributed by atoms with E-state index in [0.717, 1.165) is 30.7 Å². The van der Waals surface area contributed by atoms with Gasteiger partial charge in [0.2, 0.25) is 0 Å². The average Bonchev–Trinajstić information content (AvgIpc) is 3.24. The van der Waals surface area contributed by atoms with Gasteiger partial charge in [0.15, 0.2) is 0 Å². The normalized spacial score (nSPS) is 30.8. The van der Waals surface area contributed by atoms with Crippen LogP contribution in [0.3, 0.4) is 0 Å². The molecule has 2 saturated carbocycles. The molecule has 0 aliphatic heterocycles. The van der Waals surface area contributed by atoms with Gasteiger partial charge in [0, 0.05) is 23.7 Å². The summed E-state index contributed by atoms with van der Waals surface area (Å²) in [5, 5.41) is 14.5. The quantitative estimate of drug-likeness (QED) is 0.914. The molecule has 4 nitrogen and oxygen atoms in total. The second-order valence-corrected chi connectivity index (χ2v) is 6.81. The van der Waals surface area contributed by atoms with Crippen LogP contribution in [0.2, 0.25) is 0 Å². The molecule has 3 rings (SSSR count). The highest BCUT2D eigenvalue weighted by atomic mass is 32.2. The Morgan fingerprint density at radius 3 is 2.95 bits per heavy atom. The number of nitrogens with zero attached hydrogens (tertiary/aromatic N) is 3. The number of thioether (sulfide) groups is 1. The summed E-state index contributed by atoms with van der Waals surface area (Å²) in [6.07, 6.45) is 11.9. The highest BCUT2D eigenvalue weighted by Gasteiger charge is 2.40. The summed E-state index contributed by atoms with van der Waals surface area (Å²) in [5.41, 5.74) is -0.306. The van der Waals surface area contributed by atoms with E-state index in [1.807, 2.05) is 6.20 Å². The number of hydrogen-bond donors (Lipinski definition) is 1. The standard InChI is InChI=1S/C14H18N4S/c15-10-14(18-11-3-4-11)5-1-2-12(8-14)19-13-9-16-6-7-17-13/h6-7,9,11-12,18H,1-5,8H2. The fraction of sp³-hybridized carbons (Fsp3) is 0.643. The number of nitriles is 1. The van der Waals surface area contributed by atoms with Crippen molar-refractivity contribution < 1.29 is 0 Å². The van der Waals surface area contributed by atoms with Crippen molar-refractivity contribution in [3.63, 3.8) is 0 Å². The molecule has 1 aromatic rings. The highest BCUT2D eigenvalue weighted by Crippen LogP contribution is 2.39. The lowest BCUT2D eigenvalue weighted by Crippen LogP contribution is -2.49. The molecule has 1 N–H and O–H groups in total. The molecule has 19 heavy (non-hydrogen) atoms. The van der Waals surface area contributed by atoms with Crippen LogP contribution in [0, 0.1) is 11.3 Å². The summed E-state index contributed by atoms with van der Waals surface area (Å²) in [7, 11) is 0. The van der Waals surface area contributed by atoms with Crippen LogP contribution >= 0.6 is 11.8 Å². The molecule has 0 amide bonds. The van der Waals surface area contributed by atoms with Crippen molar-refractivity contribution in [2.24, 2.45) is 0 Å². The lowest BCUT2D eigenvalue weighted by molar-refractivity contribution is 0.301. The first-order valence-electron chi connectivity index (χ1n) is 6.91. The molecule has 0 radical (unpaired) electrons. The minimum absolute atomic E-state index is 0.306. The largest absolute Gasteiger partial charge is 0.297 e. The van der Waals surface area contributed by atoms with Gasteiger partial charge in [-0.15, -0.1) is 11.8 Å². The van der Waals surface area contributed by atoms with Gasteiger partial charge in [-0.3, -0.25) is 10.3 Å². The Labute approximate surface area is 118 Å². The van der Waals surface area contributed by atoms with Crippen molar-refractivity contribution in [2.45, 2.75) is 60.4 Å². The third-order valence-electron chi connectivity index (χ3n) is 3.80. The van der Waals surface area contributed by atoms with E-state index >= 15 is 0 Å². The summed E-state index contributed by atoms with van der Waals surface area (Å²) >= 11 is 1.76. The third-order valence-corrected chi connectivity index (χ3v) is 4.99. The average molecular weight is 274 g/mol. The fourth-order valence-corrected chi connectivity index (χ4v) is 3.96. The Hall–Kier alpha value is -1.12. The molecule has 2 unspecified atom stereocenters. The van der Waals surface area contributed by atoms with Crippen LogP contribution in [0.5, 0.6) is 0 Å². The molecule has 0 saturated heterocycles. The molecule has 0 bridgehead atoms. The van der Waals surface area contributed by atoms with Crippen molar-refractivity contribution in [3.05, 3.63) is 18.6 Å². The van der Waals surface area contributed by atoms with Gasteiger partial charge in [0.25, 0.3) is 0 Å². The topological polar surface area (TPSA) is 61.6 Å². The smallest absolute Gasteiger partial charge is 0.115 e. The molecule has 2 atom stereocenters. The van der Waals surface area contributed by atoms with Crippen molar-refractivity contribution >= 4 is 11.8 Å². The van der Waals surface area contributed by atoms with Crippen LogP contribution in [0.25, 0.3) is 0 Å². The maximum absolute atomic E-state index is 9.55. The Morgan fingerprint density at radius 1 is 1.37 bits per heavy atom. The van der Waals surface area contributed by atoms with Gasteiger partial charge < -0.3 is 0 Å². The monoisotopic (exact) mass is 274 g/mol. The molecule has 0 spiro atoms. The van der Waals surface area contributed by atoms with Crippen LogP contribution in [0.4, 0.5) is 0 Å². The van der Waals surface area contributed by atoms with Gasteiger partial charge in [-0.05, 0) is 38.5 Å². The molecular formula is C14H18N4S. The van der Waals surface area contributed by atoms with E-state index in [2.05, 4.69) is 21.4 Å². The highest BCUT2D eigenvalue weighted by molar-refractivity contribution is 7.99. The van der Waals surface area contributed by atoms with Gasteiger partial charge in [0.1, 0.15) is 10.6 Å². The lowest BCUT2D eigenvalue weighted by atomic mass is 9.82. The number of aromatic nitrogens is 2. The van der Waals surface area contributed by atoms with Crippen LogP contribution < -0.4 is 5.32 Å². The fourth-order valence-electron chi connectivity index (χ4n) is 2.73. The van der Waals surface area contributed by atoms with Gasteiger partial charge in [-0.25, -0.2) is 4.98 Å². The zero-order chi connectivity index (χ0) is 13.1. The van der Waals surface area contributed by atoms with Crippen LogP contribution in [-0.2, 0) is 0 Å². The van der Waals surface area contributed by atoms with E-state index in [1.54, 1.807) is 24.2 Å². The van der Waals surface area contributed by atoms with Gasteiger partial charge in [0.05, 0.1) is 12.3 Å². The zero-order valence-electron chi connectivity index (χ0n) is 10.9. The molecule has 1 aromatic heterocycles. The first-order valence-corrected chi connectivity index (χ1v) is 7.79. The first-order chi connectivity index (χ1) is 9.30. The van der Waals surface area contributed by atoms with E-state index in [0.29, 0.717) is 11.3 Å². The second kappa shape index (κ2) is 5.48. The maximum atomic E-state index is 9.55. The SMILES string of the molecule is N#CC1(NC2CC2)CCCC(Sc2cnccn2)C1. The Balaban J connectivity index is 1.65. The van der Waals surface area contributed by atoms with E-state index in [-0.39, 0.29) is 5.54 Å². The van der Waals surface area contributed by atoms with E-state index in [4.69, 9.17) is 0 Å². The predicted molar refractivity (Wildman–Crippen MR) is 74.6 cm³/mol. The summed E-state index contributed by atoms with van der Waals surface area (Å²) in [4.78, 5) is 8.42. The predicted octanol–water partition coefficient (Wildman–Crippen LogP) is 2.53. The van der Waals surface area contributed by atoms with Crippen LogP contribution in [0.1, 0.15) is 38.5 Å². The summed E-state index contributed by atoms with van der Waals surface area (Å²) in [6.45, 7) is 0. The molecule has 2 fully saturated rings. The van der Waals surface area contributed by atoms with E-state index in [9.17, 15) is 5.26 Å². The minimum Gasteiger partial charge on any atom is -0.297 e. The van der Waals surface area contributed by atoms with Crippen molar-refractivity contribution in [3.8, 4) is 6.07 Å². The summed E-state index contributed by atoms with van der Waals surface area (Å²) in [6, 6.07) is 3.13. The van der Waals surface area contributed by atoms with Gasteiger partial charge in [-0.1, -0.05) is 0 Å². The number of rotatable bonds is 4. The van der Waals surface area contributed by atoms with Gasteiger partial charge in [-0.2, -0.15) is 5.26 Å². The molecule has 0 aromatic carbocycles. The Morgan fingerprint density at radius 2 is 2.26 bits per heavy atom. The molecular weight excluding hydrogens is 256 g/mol. The Bertz CT molecular complexity index is 468. The lowest BCUT2D eigenvalue weighted by Gasteiger charge is -2.36. The number of hydrogen-bond acceptors (Lipinski definition) is 5. The van der Waals surface area contributed by atoms with Crippen LogP contribution in [0.15, 0.2) is 23.6 Å². The molecule has 2 aliphatic carbocycles. The van der Waals surface area contributed by atoms with Crippen molar-refractivity contribution in [1.82, 2.24) is 15.3 Å². The Kier molecular flexibility index (Phi) is 3.72. The first kappa shape index (κ1) is 12.9. The summed E-state index contributed by atoms with van der Waals surface area (Å²) in [5.74, 6) is 0. The molecule has 100 valence electrons. The summed E-state index contributed by atoms with van der Waals surface area (Å²) < 4.78 is 0. The maximum Gasteiger partial charge on any atom is 0.115 e. The van der Waals surface area contributed by atoms with E-state index < -0.39 is 0 Å². The zero-order valence-corrected chi connectivity index (χ0v) is 11.7. The minimum atomic E-state index is -0.306. The molecule has 1 heterocycles. The van der Waals surface area contributed by atoms with E-state index in [1.165, 1.54) is 12.8 Å². The molecule has 5 heteroatoms.